The van der Waals surface area contributed by atoms with Crippen LogP contribution in [0.5, 0.6) is 0 Å². The number of amides is 2. The Kier molecular flexibility index (Phi) is 5.43. The van der Waals surface area contributed by atoms with E-state index in [1.807, 2.05) is 6.92 Å². The summed E-state index contributed by atoms with van der Waals surface area (Å²) in [6.45, 7) is 1.91. The van der Waals surface area contributed by atoms with E-state index in [2.05, 4.69) is 20.6 Å². The molecule has 2 heterocycles. The Balaban J connectivity index is 2.15. The van der Waals surface area contributed by atoms with E-state index in [0.29, 0.717) is 22.9 Å². The minimum absolute atomic E-state index is 0.128. The Bertz CT molecular complexity index is 673. The van der Waals surface area contributed by atoms with E-state index in [1.54, 1.807) is 24.3 Å². The summed E-state index contributed by atoms with van der Waals surface area (Å²) in [7, 11) is 0. The monoisotopic (exact) mass is 318 g/mol. The molecule has 2 N–H and O–H groups in total. The fourth-order valence-corrected chi connectivity index (χ4v) is 1.86. The summed E-state index contributed by atoms with van der Waals surface area (Å²) >= 11 is 5.74. The molecule has 0 aliphatic rings. The molecule has 0 bridgehead atoms. The van der Waals surface area contributed by atoms with Crippen molar-refractivity contribution in [2.75, 3.05) is 10.6 Å². The number of halogens is 1. The first-order chi connectivity index (χ1) is 10.6. The van der Waals surface area contributed by atoms with Crippen LogP contribution in [0.1, 0.15) is 30.3 Å². The van der Waals surface area contributed by atoms with Gasteiger partial charge in [0.25, 0.3) is 5.91 Å². The molecule has 114 valence electrons. The lowest BCUT2D eigenvalue weighted by Crippen LogP contribution is -2.19. The summed E-state index contributed by atoms with van der Waals surface area (Å²) in [6.07, 6.45) is 4.02. The molecule has 7 heteroatoms. The summed E-state index contributed by atoms with van der Waals surface area (Å²) in [5.74, 6) is -0.262. The fraction of sp³-hybridized carbons (Fsp3) is 0.200. The first kappa shape index (κ1) is 15.9. The van der Waals surface area contributed by atoms with Crippen molar-refractivity contribution in [3.8, 4) is 0 Å². The van der Waals surface area contributed by atoms with E-state index >= 15 is 0 Å². The SMILES string of the molecule is CCCC(=O)Nc1cccnc1C(=O)Nc1ccc(Cl)cn1. The van der Waals surface area contributed by atoms with Gasteiger partial charge in [-0.25, -0.2) is 9.97 Å². The number of nitrogens with zero attached hydrogens (tertiary/aromatic N) is 2. The Morgan fingerprint density at radius 2 is 2.00 bits per heavy atom. The number of hydrogen-bond acceptors (Lipinski definition) is 4. The highest BCUT2D eigenvalue weighted by molar-refractivity contribution is 6.30. The van der Waals surface area contributed by atoms with Crippen LogP contribution >= 0.6 is 11.6 Å². The second-order valence-corrected chi connectivity index (χ2v) is 4.95. The molecule has 0 spiro atoms. The molecule has 0 fully saturated rings. The maximum absolute atomic E-state index is 12.3. The second-order valence-electron chi connectivity index (χ2n) is 4.51. The zero-order valence-electron chi connectivity index (χ0n) is 12.0. The summed E-state index contributed by atoms with van der Waals surface area (Å²) < 4.78 is 0. The summed E-state index contributed by atoms with van der Waals surface area (Å²) in [6, 6.07) is 6.48. The summed E-state index contributed by atoms with van der Waals surface area (Å²) in [5.41, 5.74) is 0.496. The van der Waals surface area contributed by atoms with E-state index in [0.717, 1.165) is 6.42 Å². The van der Waals surface area contributed by atoms with Gasteiger partial charge in [0.05, 0.1) is 10.7 Å². The molecule has 2 aromatic heterocycles. The molecule has 2 rings (SSSR count). The smallest absolute Gasteiger partial charge is 0.277 e. The van der Waals surface area contributed by atoms with Crippen LogP contribution < -0.4 is 10.6 Å². The van der Waals surface area contributed by atoms with E-state index < -0.39 is 5.91 Å². The quantitative estimate of drug-likeness (QED) is 0.887. The van der Waals surface area contributed by atoms with Crippen molar-refractivity contribution in [2.45, 2.75) is 19.8 Å². The minimum atomic E-state index is -0.456. The van der Waals surface area contributed by atoms with Gasteiger partial charge in [0.15, 0.2) is 5.69 Å². The van der Waals surface area contributed by atoms with Gasteiger partial charge in [-0.2, -0.15) is 0 Å². The Morgan fingerprint density at radius 3 is 2.68 bits per heavy atom. The van der Waals surface area contributed by atoms with Gasteiger partial charge >= 0.3 is 0 Å². The van der Waals surface area contributed by atoms with Crippen molar-refractivity contribution in [1.29, 1.82) is 0 Å². The molecule has 0 aliphatic carbocycles. The molecule has 0 aliphatic heterocycles. The molecule has 0 saturated carbocycles. The Hall–Kier alpha value is -2.47. The molecule has 0 aromatic carbocycles. The average Bonchev–Trinajstić information content (AvgIpc) is 2.50. The van der Waals surface area contributed by atoms with E-state index in [-0.39, 0.29) is 11.6 Å². The van der Waals surface area contributed by atoms with Crippen molar-refractivity contribution < 1.29 is 9.59 Å². The third-order valence-electron chi connectivity index (χ3n) is 2.74. The van der Waals surface area contributed by atoms with Crippen LogP contribution in [0.3, 0.4) is 0 Å². The van der Waals surface area contributed by atoms with Gasteiger partial charge in [-0.05, 0) is 30.7 Å². The molecule has 2 aromatic rings. The molecule has 0 radical (unpaired) electrons. The highest BCUT2D eigenvalue weighted by Gasteiger charge is 2.15. The number of anilines is 2. The van der Waals surface area contributed by atoms with E-state index in [4.69, 9.17) is 11.6 Å². The average molecular weight is 319 g/mol. The van der Waals surface area contributed by atoms with Crippen LogP contribution in [-0.4, -0.2) is 21.8 Å². The van der Waals surface area contributed by atoms with Gasteiger partial charge in [0.2, 0.25) is 5.91 Å². The highest BCUT2D eigenvalue weighted by Crippen LogP contribution is 2.15. The van der Waals surface area contributed by atoms with Crippen molar-refractivity contribution in [2.24, 2.45) is 0 Å². The number of carbonyl (C=O) groups excluding carboxylic acids is 2. The van der Waals surface area contributed by atoms with Crippen molar-refractivity contribution in [1.82, 2.24) is 9.97 Å². The number of aromatic nitrogens is 2. The second kappa shape index (κ2) is 7.51. The van der Waals surface area contributed by atoms with Crippen LogP contribution in [0.4, 0.5) is 11.5 Å². The van der Waals surface area contributed by atoms with Gasteiger partial charge < -0.3 is 10.6 Å². The van der Waals surface area contributed by atoms with Crippen LogP contribution in [0, 0.1) is 0 Å². The Morgan fingerprint density at radius 1 is 1.18 bits per heavy atom. The lowest BCUT2D eigenvalue weighted by molar-refractivity contribution is -0.116. The number of carbonyl (C=O) groups is 2. The first-order valence-corrected chi connectivity index (χ1v) is 7.15. The summed E-state index contributed by atoms with van der Waals surface area (Å²) in [5, 5.41) is 5.77. The van der Waals surface area contributed by atoms with E-state index in [1.165, 1.54) is 12.4 Å². The number of hydrogen-bond donors (Lipinski definition) is 2. The lowest BCUT2D eigenvalue weighted by Gasteiger charge is -2.10. The van der Waals surface area contributed by atoms with Gasteiger partial charge in [-0.1, -0.05) is 18.5 Å². The zero-order valence-corrected chi connectivity index (χ0v) is 12.7. The predicted molar refractivity (Wildman–Crippen MR) is 85.0 cm³/mol. The van der Waals surface area contributed by atoms with Crippen molar-refractivity contribution in [3.63, 3.8) is 0 Å². The van der Waals surface area contributed by atoms with Crippen LogP contribution in [-0.2, 0) is 4.79 Å². The molecule has 22 heavy (non-hydrogen) atoms. The normalized spacial score (nSPS) is 10.1. The largest absolute Gasteiger partial charge is 0.324 e. The van der Waals surface area contributed by atoms with Crippen LogP contribution in [0.25, 0.3) is 0 Å². The van der Waals surface area contributed by atoms with Crippen molar-refractivity contribution in [3.05, 3.63) is 47.4 Å². The van der Waals surface area contributed by atoms with Gasteiger partial charge in [0.1, 0.15) is 5.82 Å². The third kappa shape index (κ3) is 4.26. The predicted octanol–water partition coefficient (Wildman–Crippen LogP) is 3.12. The third-order valence-corrected chi connectivity index (χ3v) is 2.97. The number of nitrogens with one attached hydrogen (secondary N) is 2. The zero-order chi connectivity index (χ0) is 15.9. The first-order valence-electron chi connectivity index (χ1n) is 6.78. The molecule has 0 atom stereocenters. The van der Waals surface area contributed by atoms with Gasteiger partial charge in [-0.15, -0.1) is 0 Å². The molecule has 0 unspecified atom stereocenters. The number of pyridine rings is 2. The molecule has 0 saturated heterocycles. The highest BCUT2D eigenvalue weighted by atomic mass is 35.5. The van der Waals surface area contributed by atoms with Gasteiger partial charge in [-0.3, -0.25) is 9.59 Å². The minimum Gasteiger partial charge on any atom is -0.324 e. The number of rotatable bonds is 5. The summed E-state index contributed by atoms with van der Waals surface area (Å²) in [4.78, 5) is 32.0. The fourth-order valence-electron chi connectivity index (χ4n) is 1.75. The molecular weight excluding hydrogens is 304 g/mol. The molecule has 6 nitrogen and oxygen atoms in total. The Labute approximate surface area is 132 Å². The van der Waals surface area contributed by atoms with Crippen molar-refractivity contribution >= 4 is 34.9 Å². The molecule has 2 amide bonds. The topological polar surface area (TPSA) is 84.0 Å². The lowest BCUT2D eigenvalue weighted by atomic mass is 10.2. The standard InChI is InChI=1S/C15H15ClN4O2/c1-2-4-13(21)19-11-5-3-8-17-14(11)15(22)20-12-7-6-10(16)9-18-12/h3,5-9H,2,4H2,1H3,(H,19,21)(H,18,20,22). The maximum atomic E-state index is 12.3. The van der Waals surface area contributed by atoms with E-state index in [9.17, 15) is 9.59 Å². The van der Waals surface area contributed by atoms with Gasteiger partial charge in [0, 0.05) is 18.8 Å². The maximum Gasteiger partial charge on any atom is 0.277 e. The molecular formula is C15H15ClN4O2. The van der Waals surface area contributed by atoms with Crippen LogP contribution in [0.2, 0.25) is 5.02 Å². The van der Waals surface area contributed by atoms with Crippen LogP contribution in [0.15, 0.2) is 36.7 Å².